The van der Waals surface area contributed by atoms with Crippen LogP contribution >= 0.6 is 0 Å². The van der Waals surface area contributed by atoms with Crippen LogP contribution in [-0.4, -0.2) is 39.3 Å². The van der Waals surface area contributed by atoms with E-state index < -0.39 is 0 Å². The number of carbonyl (C=O) groups excluding carboxylic acids is 1. The number of aldehydes is 1. The Labute approximate surface area is 226 Å². The third-order valence-corrected chi connectivity index (χ3v) is 6.49. The number of rotatable bonds is 18. The van der Waals surface area contributed by atoms with Crippen LogP contribution in [0, 0.1) is 5.92 Å². The van der Waals surface area contributed by atoms with E-state index in [1.54, 1.807) is 14.2 Å². The fourth-order valence-corrected chi connectivity index (χ4v) is 4.09. The van der Waals surface area contributed by atoms with E-state index in [0.717, 1.165) is 47.3 Å². The average Bonchev–Trinajstić information content (AvgIpc) is 2.98. The Kier molecular flexibility index (Phi) is 12.8. The molecule has 0 bridgehead atoms. The van der Waals surface area contributed by atoms with Crippen molar-refractivity contribution >= 4 is 6.29 Å². The zero-order chi connectivity index (χ0) is 27.0. The fraction of sp³-hybridized carbons (Fsp3) is 0.406. The Balaban J connectivity index is 1.58. The maximum Gasteiger partial charge on any atom is 0.125 e. The van der Waals surface area contributed by atoms with Gasteiger partial charge in [0, 0.05) is 18.9 Å². The van der Waals surface area contributed by atoms with Crippen molar-refractivity contribution in [1.29, 1.82) is 0 Å². The van der Waals surface area contributed by atoms with E-state index in [-0.39, 0.29) is 18.1 Å². The van der Waals surface area contributed by atoms with Crippen LogP contribution in [-0.2, 0) is 38.8 Å². The molecular formula is C32H40O6. The molecule has 3 rings (SSSR count). The summed E-state index contributed by atoms with van der Waals surface area (Å²) in [5.41, 5.74) is 3.25. The van der Waals surface area contributed by atoms with E-state index in [1.165, 1.54) is 0 Å². The second kappa shape index (κ2) is 16.6. The molecule has 3 atom stereocenters. The van der Waals surface area contributed by atoms with Gasteiger partial charge in [0.15, 0.2) is 0 Å². The molecule has 0 saturated carbocycles. The Hall–Kier alpha value is -3.19. The van der Waals surface area contributed by atoms with Gasteiger partial charge in [-0.1, -0.05) is 61.5 Å². The summed E-state index contributed by atoms with van der Waals surface area (Å²) in [4.78, 5) is 11.7. The molecule has 0 aromatic heterocycles. The minimum atomic E-state index is -0.263. The molecule has 6 heteroatoms. The lowest BCUT2D eigenvalue weighted by Crippen LogP contribution is -2.29. The molecule has 6 nitrogen and oxygen atoms in total. The minimum Gasteiger partial charge on any atom is -0.497 e. The second-order valence-corrected chi connectivity index (χ2v) is 9.39. The van der Waals surface area contributed by atoms with E-state index in [9.17, 15) is 4.79 Å². The summed E-state index contributed by atoms with van der Waals surface area (Å²) in [6.07, 6.45) is 2.88. The van der Waals surface area contributed by atoms with Crippen LogP contribution in [0.2, 0.25) is 0 Å². The maximum absolute atomic E-state index is 11.7. The van der Waals surface area contributed by atoms with E-state index in [1.807, 2.05) is 73.7 Å². The molecule has 0 radical (unpaired) electrons. The molecule has 0 spiro atoms. The van der Waals surface area contributed by atoms with Crippen molar-refractivity contribution in [2.75, 3.05) is 20.8 Å². The lowest BCUT2D eigenvalue weighted by Gasteiger charge is -2.26. The van der Waals surface area contributed by atoms with Crippen molar-refractivity contribution in [2.24, 2.45) is 5.92 Å². The zero-order valence-corrected chi connectivity index (χ0v) is 22.7. The van der Waals surface area contributed by atoms with Gasteiger partial charge in [0.1, 0.15) is 17.8 Å². The summed E-state index contributed by atoms with van der Waals surface area (Å²) in [6, 6.07) is 25.8. The van der Waals surface area contributed by atoms with Gasteiger partial charge in [0.05, 0.1) is 46.2 Å². The molecule has 3 aromatic carbocycles. The first-order valence-electron chi connectivity index (χ1n) is 13.2. The molecule has 0 aliphatic carbocycles. The van der Waals surface area contributed by atoms with Crippen molar-refractivity contribution in [1.82, 2.24) is 0 Å². The number of methoxy groups -OCH3 is 2. The summed E-state index contributed by atoms with van der Waals surface area (Å²) in [5.74, 6) is 1.36. The minimum absolute atomic E-state index is 0.0827. The molecule has 0 aliphatic rings. The van der Waals surface area contributed by atoms with Gasteiger partial charge in [-0.05, 0) is 53.8 Å². The SMILES string of the molecule is COc1ccc(CO[C@H](CCCOCc2ccccc2)C[C@H](OCc2ccc(OC)cc2)[C@H](C)C=O)cc1. The number of ether oxygens (including phenoxy) is 5. The van der Waals surface area contributed by atoms with Crippen molar-refractivity contribution < 1.29 is 28.5 Å². The predicted octanol–water partition coefficient (Wildman–Crippen LogP) is 6.40. The van der Waals surface area contributed by atoms with Gasteiger partial charge in [-0.3, -0.25) is 0 Å². The van der Waals surface area contributed by atoms with Crippen LogP contribution in [0.5, 0.6) is 11.5 Å². The first-order valence-corrected chi connectivity index (χ1v) is 13.2. The topological polar surface area (TPSA) is 63.2 Å². The summed E-state index contributed by atoms with van der Waals surface area (Å²) in [6.45, 7) is 4.01. The molecular weight excluding hydrogens is 480 g/mol. The predicted molar refractivity (Wildman–Crippen MR) is 148 cm³/mol. The first kappa shape index (κ1) is 29.4. The third-order valence-electron chi connectivity index (χ3n) is 6.49. The molecule has 0 N–H and O–H groups in total. The van der Waals surface area contributed by atoms with Gasteiger partial charge in [0.25, 0.3) is 0 Å². The highest BCUT2D eigenvalue weighted by Crippen LogP contribution is 2.22. The lowest BCUT2D eigenvalue weighted by atomic mass is 9.97. The van der Waals surface area contributed by atoms with E-state index in [2.05, 4.69) is 12.1 Å². The molecule has 3 aromatic rings. The standard InChI is InChI=1S/C32H40O6/c1-25(21-33)32(38-24-28-13-17-30(35-3)18-14-28)20-31(37-23-27-11-15-29(34-2)16-12-27)10-7-19-36-22-26-8-5-4-6-9-26/h4-6,8-9,11-18,21,25,31-32H,7,10,19-20,22-24H2,1-3H3/t25-,31-,32+/m1/s1. The van der Waals surface area contributed by atoms with Gasteiger partial charge in [-0.2, -0.15) is 0 Å². The van der Waals surface area contributed by atoms with Gasteiger partial charge in [-0.15, -0.1) is 0 Å². The Morgan fingerprint density at radius 2 is 1.26 bits per heavy atom. The largest absolute Gasteiger partial charge is 0.497 e. The van der Waals surface area contributed by atoms with Gasteiger partial charge in [0.2, 0.25) is 0 Å². The van der Waals surface area contributed by atoms with E-state index in [0.29, 0.717) is 32.8 Å². The highest BCUT2D eigenvalue weighted by molar-refractivity contribution is 5.53. The summed E-state index contributed by atoms with van der Waals surface area (Å²) >= 11 is 0. The summed E-state index contributed by atoms with van der Waals surface area (Å²) in [7, 11) is 3.30. The van der Waals surface area contributed by atoms with Crippen molar-refractivity contribution in [3.63, 3.8) is 0 Å². The van der Waals surface area contributed by atoms with E-state index >= 15 is 0 Å². The third kappa shape index (κ3) is 10.3. The molecule has 0 aliphatic heterocycles. The lowest BCUT2D eigenvalue weighted by molar-refractivity contribution is -0.118. The average molecular weight is 521 g/mol. The van der Waals surface area contributed by atoms with Crippen molar-refractivity contribution in [3.05, 3.63) is 95.6 Å². The molecule has 0 unspecified atom stereocenters. The van der Waals surface area contributed by atoms with Gasteiger partial charge >= 0.3 is 0 Å². The second-order valence-electron chi connectivity index (χ2n) is 9.39. The van der Waals surface area contributed by atoms with Crippen LogP contribution < -0.4 is 9.47 Å². The Bertz CT molecular complexity index is 1040. The molecule has 204 valence electrons. The molecule has 0 saturated heterocycles. The molecule has 0 amide bonds. The maximum atomic E-state index is 11.7. The van der Waals surface area contributed by atoms with Crippen LogP contribution in [0.1, 0.15) is 42.9 Å². The number of carbonyl (C=O) groups is 1. The summed E-state index contributed by atoms with van der Waals surface area (Å²) in [5, 5.41) is 0. The number of hydrogen-bond acceptors (Lipinski definition) is 6. The zero-order valence-electron chi connectivity index (χ0n) is 22.7. The van der Waals surface area contributed by atoms with Gasteiger partial charge < -0.3 is 28.5 Å². The summed E-state index contributed by atoms with van der Waals surface area (Å²) < 4.78 is 29.0. The molecule has 38 heavy (non-hydrogen) atoms. The molecule has 0 heterocycles. The van der Waals surface area contributed by atoms with Crippen molar-refractivity contribution in [3.8, 4) is 11.5 Å². The quantitative estimate of drug-likeness (QED) is 0.143. The monoisotopic (exact) mass is 520 g/mol. The van der Waals surface area contributed by atoms with Crippen LogP contribution in [0.3, 0.4) is 0 Å². The number of hydrogen-bond donors (Lipinski definition) is 0. The van der Waals surface area contributed by atoms with E-state index in [4.69, 9.17) is 23.7 Å². The normalized spacial score (nSPS) is 13.4. The van der Waals surface area contributed by atoms with Gasteiger partial charge in [-0.25, -0.2) is 0 Å². The first-order chi connectivity index (χ1) is 18.6. The van der Waals surface area contributed by atoms with Crippen LogP contribution in [0.15, 0.2) is 78.9 Å². The Morgan fingerprint density at radius 1 is 0.711 bits per heavy atom. The fourth-order valence-electron chi connectivity index (χ4n) is 4.09. The molecule has 0 fully saturated rings. The number of benzene rings is 3. The van der Waals surface area contributed by atoms with Crippen LogP contribution in [0.25, 0.3) is 0 Å². The highest BCUT2D eigenvalue weighted by atomic mass is 16.5. The highest BCUT2D eigenvalue weighted by Gasteiger charge is 2.23. The van der Waals surface area contributed by atoms with Crippen molar-refractivity contribution in [2.45, 2.75) is 58.2 Å². The smallest absolute Gasteiger partial charge is 0.125 e. The Morgan fingerprint density at radius 3 is 1.82 bits per heavy atom. The van der Waals surface area contributed by atoms with Crippen LogP contribution in [0.4, 0.5) is 0 Å².